The van der Waals surface area contributed by atoms with Crippen LogP contribution >= 0.6 is 0 Å². The first kappa shape index (κ1) is 17.9. The van der Waals surface area contributed by atoms with Crippen molar-refractivity contribution in [3.8, 4) is 5.75 Å². The standard InChI is InChI=1S/C14H15F3N2O5/c1-2-24-11(21)9-10(7-5-3-4-6-8(7)20)18-12(22)19-13(9,23)14(15,16)17/h3-6,9-10,20,23H,2H2,1H3,(H2,18,19,22). The second kappa shape index (κ2) is 6.19. The first-order valence-corrected chi connectivity index (χ1v) is 6.94. The third-order valence-corrected chi connectivity index (χ3v) is 3.62. The third kappa shape index (κ3) is 2.96. The summed E-state index contributed by atoms with van der Waals surface area (Å²) in [5.74, 6) is -4.08. The van der Waals surface area contributed by atoms with Gasteiger partial charge in [0.1, 0.15) is 11.7 Å². The van der Waals surface area contributed by atoms with Gasteiger partial charge in [0, 0.05) is 5.56 Å². The number of carbonyl (C=O) groups is 2. The Kier molecular flexibility index (Phi) is 4.61. The number of nitrogens with one attached hydrogen (secondary N) is 2. The maximum Gasteiger partial charge on any atom is 0.437 e. The zero-order valence-electron chi connectivity index (χ0n) is 12.4. The van der Waals surface area contributed by atoms with Crippen molar-refractivity contribution >= 4 is 12.0 Å². The number of halogens is 3. The highest BCUT2D eigenvalue weighted by Gasteiger charge is 2.67. The van der Waals surface area contributed by atoms with E-state index in [2.05, 4.69) is 10.1 Å². The number of urea groups is 1. The second-order valence-corrected chi connectivity index (χ2v) is 5.13. The summed E-state index contributed by atoms with van der Waals surface area (Å²) >= 11 is 0. The molecule has 0 aliphatic carbocycles. The molecule has 0 bridgehead atoms. The van der Waals surface area contributed by atoms with Gasteiger partial charge in [-0.25, -0.2) is 4.79 Å². The number of aliphatic hydroxyl groups is 1. The molecule has 2 rings (SSSR count). The molecule has 7 nitrogen and oxygen atoms in total. The van der Waals surface area contributed by atoms with E-state index in [4.69, 9.17) is 0 Å². The smallest absolute Gasteiger partial charge is 0.437 e. The van der Waals surface area contributed by atoms with E-state index in [1.54, 1.807) is 0 Å². The lowest BCUT2D eigenvalue weighted by molar-refractivity contribution is -0.294. The number of alkyl halides is 3. The fourth-order valence-corrected chi connectivity index (χ4v) is 2.55. The highest BCUT2D eigenvalue weighted by atomic mass is 19.4. The lowest BCUT2D eigenvalue weighted by Crippen LogP contribution is -2.73. The van der Waals surface area contributed by atoms with Gasteiger partial charge in [-0.2, -0.15) is 13.2 Å². The average molecular weight is 348 g/mol. The van der Waals surface area contributed by atoms with E-state index in [1.165, 1.54) is 36.5 Å². The summed E-state index contributed by atoms with van der Waals surface area (Å²) in [5, 5.41) is 23.4. The van der Waals surface area contributed by atoms with E-state index < -0.39 is 41.6 Å². The van der Waals surface area contributed by atoms with Gasteiger partial charge in [-0.15, -0.1) is 0 Å². The quantitative estimate of drug-likeness (QED) is 0.614. The molecule has 0 spiro atoms. The predicted molar refractivity (Wildman–Crippen MR) is 73.6 cm³/mol. The Morgan fingerprint density at radius 1 is 1.38 bits per heavy atom. The molecule has 1 aromatic rings. The summed E-state index contributed by atoms with van der Waals surface area (Å²) < 4.78 is 44.8. The number of carbonyl (C=O) groups excluding carboxylic acids is 2. The van der Waals surface area contributed by atoms with Gasteiger partial charge in [-0.05, 0) is 13.0 Å². The van der Waals surface area contributed by atoms with E-state index >= 15 is 0 Å². The van der Waals surface area contributed by atoms with E-state index in [0.29, 0.717) is 0 Å². The largest absolute Gasteiger partial charge is 0.508 e. The Balaban J connectivity index is 2.60. The third-order valence-electron chi connectivity index (χ3n) is 3.62. The Morgan fingerprint density at radius 2 is 2.00 bits per heavy atom. The van der Waals surface area contributed by atoms with Crippen molar-refractivity contribution in [2.75, 3.05) is 6.61 Å². The molecule has 24 heavy (non-hydrogen) atoms. The molecule has 1 aliphatic rings. The molecular formula is C14H15F3N2O5. The van der Waals surface area contributed by atoms with Crippen LogP contribution in [0.1, 0.15) is 18.5 Å². The minimum absolute atomic E-state index is 0.159. The molecule has 1 heterocycles. The van der Waals surface area contributed by atoms with Gasteiger partial charge in [-0.1, -0.05) is 18.2 Å². The van der Waals surface area contributed by atoms with Crippen molar-refractivity contribution in [3.05, 3.63) is 29.8 Å². The minimum atomic E-state index is -5.36. The number of para-hydroxylation sites is 1. The zero-order valence-corrected chi connectivity index (χ0v) is 12.4. The van der Waals surface area contributed by atoms with Crippen LogP contribution in [0.2, 0.25) is 0 Å². The number of hydrogen-bond donors (Lipinski definition) is 4. The SMILES string of the molecule is CCOC(=O)C1C(c2ccccc2O)NC(=O)NC1(O)C(F)(F)F. The highest BCUT2D eigenvalue weighted by Crippen LogP contribution is 2.44. The first-order valence-electron chi connectivity index (χ1n) is 6.94. The average Bonchev–Trinajstić information content (AvgIpc) is 2.45. The van der Waals surface area contributed by atoms with Crippen molar-refractivity contribution in [1.29, 1.82) is 0 Å². The van der Waals surface area contributed by atoms with E-state index in [-0.39, 0.29) is 12.2 Å². The summed E-state index contributed by atoms with van der Waals surface area (Å²) in [4.78, 5) is 23.7. The van der Waals surface area contributed by atoms with Crippen LogP contribution in [0.3, 0.4) is 0 Å². The van der Waals surface area contributed by atoms with Crippen molar-refractivity contribution in [1.82, 2.24) is 10.6 Å². The van der Waals surface area contributed by atoms with Crippen LogP contribution in [0.15, 0.2) is 24.3 Å². The molecule has 1 fully saturated rings. The lowest BCUT2D eigenvalue weighted by atomic mass is 9.81. The van der Waals surface area contributed by atoms with Crippen LogP contribution in [-0.2, 0) is 9.53 Å². The topological polar surface area (TPSA) is 108 Å². The number of phenols is 1. The van der Waals surface area contributed by atoms with Gasteiger partial charge in [0.05, 0.1) is 12.6 Å². The number of ether oxygens (including phenoxy) is 1. The Bertz CT molecular complexity index is 652. The highest BCUT2D eigenvalue weighted by molar-refractivity contribution is 5.83. The molecule has 132 valence electrons. The molecule has 0 radical (unpaired) electrons. The van der Waals surface area contributed by atoms with E-state index in [0.717, 1.165) is 0 Å². The summed E-state index contributed by atoms with van der Waals surface area (Å²) in [6.45, 7) is 1.15. The molecule has 1 saturated heterocycles. The van der Waals surface area contributed by atoms with Crippen LogP contribution in [-0.4, -0.2) is 40.7 Å². The maximum atomic E-state index is 13.4. The predicted octanol–water partition coefficient (Wildman–Crippen LogP) is 1.18. The van der Waals surface area contributed by atoms with Crippen molar-refractivity contribution in [3.63, 3.8) is 0 Å². The van der Waals surface area contributed by atoms with Crippen LogP contribution in [0.25, 0.3) is 0 Å². The van der Waals surface area contributed by atoms with Crippen LogP contribution in [0.4, 0.5) is 18.0 Å². The number of aromatic hydroxyl groups is 1. The molecule has 0 aromatic heterocycles. The molecule has 3 unspecified atom stereocenters. The number of amides is 2. The van der Waals surface area contributed by atoms with Crippen molar-refractivity contribution < 1.29 is 37.7 Å². The molecule has 1 aromatic carbocycles. The second-order valence-electron chi connectivity index (χ2n) is 5.13. The Morgan fingerprint density at radius 3 is 2.54 bits per heavy atom. The lowest BCUT2D eigenvalue weighted by Gasteiger charge is -2.44. The normalized spacial score (nSPS) is 27.1. The summed E-state index contributed by atoms with van der Waals surface area (Å²) in [7, 11) is 0. The van der Waals surface area contributed by atoms with Gasteiger partial charge in [-0.3, -0.25) is 4.79 Å². The first-order chi connectivity index (χ1) is 11.1. The fourth-order valence-electron chi connectivity index (χ4n) is 2.55. The molecular weight excluding hydrogens is 333 g/mol. The Hall–Kier alpha value is -2.49. The van der Waals surface area contributed by atoms with E-state index in [1.807, 2.05) is 0 Å². The number of rotatable bonds is 3. The van der Waals surface area contributed by atoms with E-state index in [9.17, 15) is 33.0 Å². The fraction of sp³-hybridized carbons (Fsp3) is 0.429. The minimum Gasteiger partial charge on any atom is -0.508 e. The molecule has 0 saturated carbocycles. The number of hydrogen-bond acceptors (Lipinski definition) is 5. The van der Waals surface area contributed by atoms with Gasteiger partial charge < -0.3 is 25.6 Å². The number of benzene rings is 1. The van der Waals surface area contributed by atoms with Crippen LogP contribution in [0.5, 0.6) is 5.75 Å². The van der Waals surface area contributed by atoms with Gasteiger partial charge in [0.15, 0.2) is 0 Å². The molecule has 1 aliphatic heterocycles. The molecule has 4 N–H and O–H groups in total. The maximum absolute atomic E-state index is 13.4. The van der Waals surface area contributed by atoms with Gasteiger partial charge >= 0.3 is 18.2 Å². The van der Waals surface area contributed by atoms with Crippen LogP contribution in [0, 0.1) is 5.92 Å². The zero-order chi connectivity index (χ0) is 18.1. The number of esters is 1. The Labute approximate surface area is 134 Å². The molecule has 10 heteroatoms. The van der Waals surface area contributed by atoms with Crippen molar-refractivity contribution in [2.45, 2.75) is 24.9 Å². The summed E-state index contributed by atoms with van der Waals surface area (Å²) in [6.07, 6.45) is -5.36. The monoisotopic (exact) mass is 348 g/mol. The molecule has 2 amide bonds. The van der Waals surface area contributed by atoms with Gasteiger partial charge in [0.2, 0.25) is 0 Å². The summed E-state index contributed by atoms with van der Waals surface area (Å²) in [5.41, 5.74) is -4.01. The summed E-state index contributed by atoms with van der Waals surface area (Å²) in [6, 6.07) is 2.23. The van der Waals surface area contributed by atoms with Crippen molar-refractivity contribution in [2.24, 2.45) is 5.92 Å². The molecule has 3 atom stereocenters. The van der Waals surface area contributed by atoms with Crippen LogP contribution < -0.4 is 10.6 Å². The number of phenolic OH excluding ortho intramolecular Hbond substituents is 1. The van der Waals surface area contributed by atoms with Gasteiger partial charge in [0.25, 0.3) is 5.72 Å².